The van der Waals surface area contributed by atoms with Gasteiger partial charge >= 0.3 is 6.18 Å². The molecule has 0 spiro atoms. The molecule has 34 heavy (non-hydrogen) atoms. The van der Waals surface area contributed by atoms with Crippen LogP contribution in [-0.2, 0) is 20.8 Å². The van der Waals surface area contributed by atoms with Crippen LogP contribution in [0.1, 0.15) is 12.5 Å². The summed E-state index contributed by atoms with van der Waals surface area (Å²) in [5.41, 5.74) is 18.8. The van der Waals surface area contributed by atoms with Gasteiger partial charge in [0.1, 0.15) is 6.04 Å². The van der Waals surface area contributed by atoms with Crippen molar-refractivity contribution < 1.29 is 27.4 Å². The van der Waals surface area contributed by atoms with E-state index < -0.39 is 42.7 Å². The molecule has 1 aliphatic rings. The molecule has 0 aliphatic carbocycles. The van der Waals surface area contributed by atoms with E-state index >= 15 is 0 Å². The first-order valence-corrected chi connectivity index (χ1v) is 10.1. The second-order valence-corrected chi connectivity index (χ2v) is 7.23. The van der Waals surface area contributed by atoms with Gasteiger partial charge in [0.15, 0.2) is 0 Å². The number of halogens is 3. The maximum absolute atomic E-state index is 13.7. The molecular weight excluding hydrogens is 455 g/mol. The average Bonchev–Trinajstić information content (AvgIpc) is 2.81. The molecule has 1 saturated heterocycles. The highest BCUT2D eigenvalue weighted by molar-refractivity contribution is 5.84. The maximum Gasteiger partial charge on any atom is 0.468 e. The average molecular weight is 475 g/mol. The molecule has 5 atom stereocenters. The van der Waals surface area contributed by atoms with Gasteiger partial charge in [0.25, 0.3) is 5.90 Å². The molecule has 0 N–H and O–H groups in total. The van der Waals surface area contributed by atoms with Crippen LogP contribution in [0.25, 0.3) is 20.9 Å². The zero-order chi connectivity index (χ0) is 24.6. The zero-order valence-electron chi connectivity index (χ0n) is 17.9. The van der Waals surface area contributed by atoms with Crippen LogP contribution in [0.5, 0.6) is 0 Å². The van der Waals surface area contributed by atoms with Crippen LogP contribution in [0.2, 0.25) is 0 Å². The number of hydrogen-bond donors (Lipinski definition) is 0. The molecule has 2 aromatic carbocycles. The number of ether oxygens (including phenoxy) is 3. The lowest BCUT2D eigenvalue weighted by Gasteiger charge is -2.42. The number of para-hydroxylation sites is 1. The predicted octanol–water partition coefficient (Wildman–Crippen LogP) is 5.98. The van der Waals surface area contributed by atoms with Gasteiger partial charge in [-0.2, -0.15) is 13.2 Å². The van der Waals surface area contributed by atoms with Gasteiger partial charge in [0.05, 0.1) is 30.5 Å². The molecule has 178 valence electrons. The summed E-state index contributed by atoms with van der Waals surface area (Å²) in [6.45, 7) is 1.51. The Morgan fingerprint density at radius 2 is 1.56 bits per heavy atom. The van der Waals surface area contributed by atoms with Gasteiger partial charge in [-0.15, -0.1) is 0 Å². The van der Waals surface area contributed by atoms with Crippen molar-refractivity contribution in [3.8, 4) is 0 Å². The highest BCUT2D eigenvalue weighted by Gasteiger charge is 2.49. The van der Waals surface area contributed by atoms with Crippen LogP contribution in [0, 0.1) is 0 Å². The first-order chi connectivity index (χ1) is 16.3. The van der Waals surface area contributed by atoms with Crippen LogP contribution < -0.4 is 0 Å². The number of benzene rings is 2. The molecule has 0 amide bonds. The third-order valence-corrected chi connectivity index (χ3v) is 4.89. The quantitative estimate of drug-likeness (QED) is 0.160. The minimum Gasteiger partial charge on any atom is -0.444 e. The van der Waals surface area contributed by atoms with E-state index in [0.717, 1.165) is 5.56 Å². The summed E-state index contributed by atoms with van der Waals surface area (Å²) in [5.74, 6) is -1.59. The van der Waals surface area contributed by atoms with Crippen LogP contribution in [0.4, 0.5) is 18.9 Å². The van der Waals surface area contributed by atoms with Gasteiger partial charge in [0.2, 0.25) is 6.29 Å². The number of azide groups is 2. The van der Waals surface area contributed by atoms with Crippen molar-refractivity contribution in [1.29, 1.82) is 0 Å². The third kappa shape index (κ3) is 6.40. The van der Waals surface area contributed by atoms with Crippen molar-refractivity contribution in [3.63, 3.8) is 0 Å². The monoisotopic (exact) mass is 475 g/mol. The van der Waals surface area contributed by atoms with E-state index in [1.54, 1.807) is 36.4 Å². The normalized spacial score (nSPS) is 25.1. The number of alkyl halides is 3. The van der Waals surface area contributed by atoms with Crippen molar-refractivity contribution >= 4 is 11.6 Å². The molecular formula is C21H20F3N7O3. The van der Waals surface area contributed by atoms with E-state index in [0.29, 0.717) is 0 Å². The Balaban J connectivity index is 1.94. The molecule has 0 saturated carbocycles. The number of aliphatic imine (C=N–C) groups is 1. The van der Waals surface area contributed by atoms with Crippen LogP contribution in [0.15, 0.2) is 75.9 Å². The topological polar surface area (TPSA) is 138 Å². The standard InChI is InChI=1S/C21H20F3N7O3/c1-13-16(28-30-25)18(32-12-14-8-4-2-5-9-14)17(29-31-26)19(33-13)34-20(21(22,23)24)27-15-10-6-3-7-11-15/h2-11,13,16-19H,12H2,1H3/t13-,16-,17-,18+,19+/m1/s1. The smallest absolute Gasteiger partial charge is 0.444 e. The van der Waals surface area contributed by atoms with E-state index in [9.17, 15) is 13.2 Å². The fourth-order valence-electron chi connectivity index (χ4n) is 3.34. The molecule has 0 aromatic heterocycles. The van der Waals surface area contributed by atoms with E-state index in [-0.39, 0.29) is 12.3 Å². The third-order valence-electron chi connectivity index (χ3n) is 4.89. The Bertz CT molecular complexity index is 1070. The first-order valence-electron chi connectivity index (χ1n) is 10.1. The van der Waals surface area contributed by atoms with E-state index in [4.69, 9.17) is 25.3 Å². The second kappa shape index (κ2) is 11.4. The lowest BCUT2D eigenvalue weighted by Crippen LogP contribution is -2.57. The summed E-state index contributed by atoms with van der Waals surface area (Å²) < 4.78 is 57.7. The van der Waals surface area contributed by atoms with Crippen molar-refractivity contribution in [2.45, 2.75) is 50.3 Å². The summed E-state index contributed by atoms with van der Waals surface area (Å²) in [7, 11) is 0. The van der Waals surface area contributed by atoms with E-state index in [1.807, 2.05) is 0 Å². The summed E-state index contributed by atoms with van der Waals surface area (Å²) in [5, 5.41) is 7.23. The Labute approximate surface area is 192 Å². The summed E-state index contributed by atoms with van der Waals surface area (Å²) in [6, 6.07) is 13.9. The molecule has 13 heteroatoms. The highest BCUT2D eigenvalue weighted by atomic mass is 19.4. The predicted molar refractivity (Wildman–Crippen MR) is 116 cm³/mol. The fourth-order valence-corrected chi connectivity index (χ4v) is 3.34. The van der Waals surface area contributed by atoms with Crippen molar-refractivity contribution in [2.24, 2.45) is 15.2 Å². The van der Waals surface area contributed by atoms with Gasteiger partial charge < -0.3 is 14.2 Å². The Morgan fingerprint density at radius 3 is 2.15 bits per heavy atom. The van der Waals surface area contributed by atoms with E-state index in [1.165, 1.54) is 31.2 Å². The molecule has 3 rings (SSSR count). The summed E-state index contributed by atoms with van der Waals surface area (Å²) in [4.78, 5) is 9.04. The number of rotatable bonds is 7. The second-order valence-electron chi connectivity index (χ2n) is 7.23. The lowest BCUT2D eigenvalue weighted by molar-refractivity contribution is -0.216. The lowest BCUT2D eigenvalue weighted by atomic mass is 9.96. The molecule has 0 unspecified atom stereocenters. The Hall–Kier alpha value is -3.76. The maximum atomic E-state index is 13.7. The molecule has 10 nitrogen and oxygen atoms in total. The minimum absolute atomic E-state index is 0.00264. The van der Waals surface area contributed by atoms with Gasteiger partial charge in [0, 0.05) is 9.82 Å². The van der Waals surface area contributed by atoms with Gasteiger partial charge in [-0.05, 0) is 35.7 Å². The largest absolute Gasteiger partial charge is 0.468 e. The van der Waals surface area contributed by atoms with E-state index in [2.05, 4.69) is 25.0 Å². The number of nitrogens with zero attached hydrogens (tertiary/aromatic N) is 7. The zero-order valence-corrected chi connectivity index (χ0v) is 17.9. The van der Waals surface area contributed by atoms with Crippen molar-refractivity contribution in [2.75, 3.05) is 0 Å². The molecule has 1 aliphatic heterocycles. The molecule has 0 radical (unpaired) electrons. The minimum atomic E-state index is -4.97. The molecule has 1 fully saturated rings. The van der Waals surface area contributed by atoms with Crippen LogP contribution >= 0.6 is 0 Å². The van der Waals surface area contributed by atoms with Crippen molar-refractivity contribution in [1.82, 2.24) is 0 Å². The van der Waals surface area contributed by atoms with Gasteiger partial charge in [-0.25, -0.2) is 4.99 Å². The Kier molecular flexibility index (Phi) is 8.34. The van der Waals surface area contributed by atoms with Crippen LogP contribution in [0.3, 0.4) is 0 Å². The van der Waals surface area contributed by atoms with Crippen molar-refractivity contribution in [3.05, 3.63) is 87.1 Å². The molecule has 2 aromatic rings. The molecule has 0 bridgehead atoms. The van der Waals surface area contributed by atoms with Gasteiger partial charge in [-0.1, -0.05) is 58.8 Å². The molecule has 1 heterocycles. The highest BCUT2D eigenvalue weighted by Crippen LogP contribution is 2.32. The summed E-state index contributed by atoms with van der Waals surface area (Å²) >= 11 is 0. The van der Waals surface area contributed by atoms with Gasteiger partial charge in [-0.3, -0.25) is 0 Å². The SMILES string of the molecule is C[C@H]1O[C@@H](OC(=Nc2ccccc2)C(F)(F)F)[C@H](N=[N+]=[N-])[C@@H](OCc2ccccc2)[C@@H]1N=[N+]=[N-]. The fraction of sp³-hybridized carbons (Fsp3) is 0.381. The number of hydrogen-bond acceptors (Lipinski definition) is 6. The first kappa shape index (κ1) is 24.9. The van der Waals surface area contributed by atoms with Crippen LogP contribution in [-0.4, -0.2) is 42.7 Å². The Morgan fingerprint density at radius 1 is 0.971 bits per heavy atom. The summed E-state index contributed by atoms with van der Waals surface area (Å²) in [6.07, 6.45) is -8.73.